The molecule has 0 aromatic carbocycles. The third-order valence-corrected chi connectivity index (χ3v) is 7.70. The number of hydrogen-bond acceptors (Lipinski definition) is 7. The Bertz CT molecular complexity index is 1010. The molecule has 1 unspecified atom stereocenters. The predicted octanol–water partition coefficient (Wildman–Crippen LogP) is 3.86. The third-order valence-electron chi connectivity index (χ3n) is 7.70. The molecule has 0 spiro atoms. The van der Waals surface area contributed by atoms with Gasteiger partial charge < -0.3 is 20.2 Å². The number of hydrogen-bond donors (Lipinski definition) is 2. The molecule has 196 valence electrons. The fraction of sp³-hybridized carbons (Fsp3) is 0.586. The van der Waals surface area contributed by atoms with Gasteiger partial charge in [-0.05, 0) is 76.0 Å². The van der Waals surface area contributed by atoms with Crippen LogP contribution < -0.4 is 5.32 Å². The van der Waals surface area contributed by atoms with Crippen LogP contribution >= 0.6 is 0 Å². The lowest BCUT2D eigenvalue weighted by Gasteiger charge is -2.38. The molecule has 0 saturated carbocycles. The Morgan fingerprint density at radius 1 is 1.28 bits per heavy atom. The molecule has 7 nitrogen and oxygen atoms in total. The van der Waals surface area contributed by atoms with Crippen molar-refractivity contribution in [3.63, 3.8) is 0 Å². The van der Waals surface area contributed by atoms with Gasteiger partial charge in [-0.1, -0.05) is 32.1 Å². The summed E-state index contributed by atoms with van der Waals surface area (Å²) in [6.07, 6.45) is 14.7. The number of aliphatic hydroxyl groups is 1. The van der Waals surface area contributed by atoms with Gasteiger partial charge in [0.15, 0.2) is 0 Å². The van der Waals surface area contributed by atoms with Crippen LogP contribution in [-0.4, -0.2) is 83.5 Å². The van der Waals surface area contributed by atoms with Crippen LogP contribution in [0.25, 0.3) is 0 Å². The molecule has 0 bridgehead atoms. The Morgan fingerprint density at radius 3 is 2.89 bits per heavy atom. The Labute approximate surface area is 217 Å². The van der Waals surface area contributed by atoms with Gasteiger partial charge in [-0.15, -0.1) is 0 Å². The number of aliphatic hydroxyl groups excluding tert-OH is 1. The highest BCUT2D eigenvalue weighted by Gasteiger charge is 2.30. The second-order valence-electron chi connectivity index (χ2n) is 10.3. The van der Waals surface area contributed by atoms with Crippen molar-refractivity contribution in [2.45, 2.75) is 64.5 Å². The second-order valence-corrected chi connectivity index (χ2v) is 10.3. The first kappa shape index (κ1) is 26.6. The number of pyridine rings is 1. The number of nitrogens with one attached hydrogen (secondary N) is 1. The summed E-state index contributed by atoms with van der Waals surface area (Å²) in [5.41, 5.74) is 4.64. The molecule has 0 amide bonds. The Hall–Kier alpha value is -2.48. The summed E-state index contributed by atoms with van der Waals surface area (Å²) in [6, 6.07) is 5.05. The minimum atomic E-state index is 0.0259. The van der Waals surface area contributed by atoms with Gasteiger partial charge in [-0.3, -0.25) is 9.88 Å². The average molecular weight is 493 g/mol. The van der Waals surface area contributed by atoms with E-state index in [0.717, 1.165) is 74.7 Å². The molecule has 2 N–H and O–H groups in total. The lowest BCUT2D eigenvalue weighted by atomic mass is 9.90. The van der Waals surface area contributed by atoms with Crippen molar-refractivity contribution in [2.24, 2.45) is 4.99 Å². The molecule has 0 saturated heterocycles. The number of rotatable bonds is 11. The smallest absolute Gasteiger partial charge is 0.114 e. The number of aryl methyl sites for hydroxylation is 1. The van der Waals surface area contributed by atoms with Gasteiger partial charge in [0.05, 0.1) is 30.6 Å². The largest absolute Gasteiger partial charge is 0.392 e. The highest BCUT2D eigenvalue weighted by Crippen LogP contribution is 2.34. The monoisotopic (exact) mass is 492 g/mol. The fourth-order valence-electron chi connectivity index (χ4n) is 5.59. The minimum Gasteiger partial charge on any atom is -0.392 e. The zero-order valence-electron chi connectivity index (χ0n) is 22.6. The zero-order valence-corrected chi connectivity index (χ0v) is 22.6. The number of amidine groups is 1. The van der Waals surface area contributed by atoms with Gasteiger partial charge in [0.1, 0.15) is 11.7 Å². The van der Waals surface area contributed by atoms with Crippen molar-refractivity contribution < 1.29 is 5.11 Å². The Morgan fingerprint density at radius 2 is 2.14 bits per heavy atom. The van der Waals surface area contributed by atoms with Gasteiger partial charge in [0, 0.05) is 31.7 Å². The first-order valence-electron chi connectivity index (χ1n) is 13.7. The molecule has 7 heteroatoms. The maximum Gasteiger partial charge on any atom is 0.114 e. The van der Waals surface area contributed by atoms with Crippen LogP contribution in [0.4, 0.5) is 0 Å². The summed E-state index contributed by atoms with van der Waals surface area (Å²) in [5.74, 6) is 2.11. The SMILES string of the molecule is CCCN(CC1=C(CO)CN2C(NCC(CC)N(C)C)=CC=CCC2=N1)[C@H]1CCCc2cccnc21. The number of aromatic nitrogens is 1. The van der Waals surface area contributed by atoms with E-state index in [1.807, 2.05) is 6.20 Å². The Kier molecular flexibility index (Phi) is 9.35. The van der Waals surface area contributed by atoms with Crippen LogP contribution in [0.2, 0.25) is 0 Å². The van der Waals surface area contributed by atoms with E-state index in [9.17, 15) is 5.11 Å². The van der Waals surface area contributed by atoms with Crippen LogP contribution in [0.5, 0.6) is 0 Å². The van der Waals surface area contributed by atoms with Crippen LogP contribution in [0.1, 0.15) is 63.3 Å². The zero-order chi connectivity index (χ0) is 25.5. The van der Waals surface area contributed by atoms with Crippen molar-refractivity contribution in [1.29, 1.82) is 0 Å². The lowest BCUT2D eigenvalue weighted by Crippen LogP contribution is -2.45. The topological polar surface area (TPSA) is 67.2 Å². The molecule has 36 heavy (non-hydrogen) atoms. The van der Waals surface area contributed by atoms with Gasteiger partial charge in [-0.25, -0.2) is 4.99 Å². The summed E-state index contributed by atoms with van der Waals surface area (Å²) in [7, 11) is 4.26. The quantitative estimate of drug-likeness (QED) is 0.489. The van der Waals surface area contributed by atoms with Crippen LogP contribution in [0.15, 0.2) is 58.6 Å². The van der Waals surface area contributed by atoms with E-state index in [-0.39, 0.29) is 6.61 Å². The molecule has 2 aliphatic heterocycles. The first-order chi connectivity index (χ1) is 17.5. The van der Waals surface area contributed by atoms with E-state index in [4.69, 9.17) is 9.98 Å². The highest BCUT2D eigenvalue weighted by molar-refractivity contribution is 5.88. The van der Waals surface area contributed by atoms with E-state index in [1.54, 1.807) is 0 Å². The molecular formula is C29H44N6O. The summed E-state index contributed by atoms with van der Waals surface area (Å²) in [6.45, 7) is 7.77. The normalized spacial score (nSPS) is 20.6. The molecule has 3 aliphatic rings. The molecule has 1 aliphatic carbocycles. The maximum atomic E-state index is 10.4. The van der Waals surface area contributed by atoms with Crippen LogP contribution in [0, 0.1) is 0 Å². The number of nitrogens with zero attached hydrogens (tertiary/aromatic N) is 5. The minimum absolute atomic E-state index is 0.0259. The van der Waals surface area contributed by atoms with Crippen molar-refractivity contribution in [1.82, 2.24) is 25.0 Å². The molecule has 1 aromatic rings. The van der Waals surface area contributed by atoms with E-state index < -0.39 is 0 Å². The van der Waals surface area contributed by atoms with Gasteiger partial charge in [0.25, 0.3) is 0 Å². The first-order valence-corrected chi connectivity index (χ1v) is 13.7. The van der Waals surface area contributed by atoms with Gasteiger partial charge >= 0.3 is 0 Å². The molecule has 3 heterocycles. The summed E-state index contributed by atoms with van der Waals surface area (Å²) in [5, 5.41) is 14.1. The van der Waals surface area contributed by atoms with Crippen molar-refractivity contribution in [2.75, 3.05) is 46.9 Å². The number of aliphatic imine (C=N–C) groups is 1. The summed E-state index contributed by atoms with van der Waals surface area (Å²) in [4.78, 5) is 17.0. The standard InChI is InChI=1S/C29H44N6O/c1-5-17-34(26-13-9-11-22-12-10-16-30-29(22)26)20-25-23(21-36)19-35-27(14-7-8-15-28(35)32-25)31-18-24(6-2)33(3)4/h7-8,10,12,14,16,24,26,31,36H,5-6,9,11,13,15,17-21H2,1-4H3/t24?,26-/m0/s1. The number of likely N-dealkylation sites (N-methyl/N-ethyl adjacent to an activating group) is 1. The van der Waals surface area contributed by atoms with Gasteiger partial charge in [-0.2, -0.15) is 0 Å². The highest BCUT2D eigenvalue weighted by atomic mass is 16.3. The van der Waals surface area contributed by atoms with E-state index in [2.05, 4.69) is 78.3 Å². The summed E-state index contributed by atoms with van der Waals surface area (Å²) >= 11 is 0. The Balaban J connectivity index is 1.55. The third kappa shape index (κ3) is 6.07. The van der Waals surface area contributed by atoms with Crippen LogP contribution in [0.3, 0.4) is 0 Å². The lowest BCUT2D eigenvalue weighted by molar-refractivity contribution is 0.187. The molecule has 2 atom stereocenters. The fourth-order valence-corrected chi connectivity index (χ4v) is 5.59. The number of allylic oxidation sites excluding steroid dienone is 2. The molecule has 0 radical (unpaired) electrons. The second kappa shape index (κ2) is 12.7. The van der Waals surface area contributed by atoms with Crippen molar-refractivity contribution in [3.8, 4) is 0 Å². The van der Waals surface area contributed by atoms with Crippen molar-refractivity contribution >= 4 is 5.84 Å². The molecule has 0 fully saturated rings. The van der Waals surface area contributed by atoms with E-state index in [0.29, 0.717) is 18.6 Å². The predicted molar refractivity (Wildman–Crippen MR) is 148 cm³/mol. The summed E-state index contributed by atoms with van der Waals surface area (Å²) < 4.78 is 0. The van der Waals surface area contributed by atoms with E-state index >= 15 is 0 Å². The maximum absolute atomic E-state index is 10.4. The van der Waals surface area contributed by atoms with E-state index in [1.165, 1.54) is 17.7 Å². The number of fused-ring (bicyclic) bond motifs is 2. The molecule has 1 aromatic heterocycles. The molecular weight excluding hydrogens is 448 g/mol. The van der Waals surface area contributed by atoms with Gasteiger partial charge in [0.2, 0.25) is 0 Å². The van der Waals surface area contributed by atoms with Crippen molar-refractivity contribution in [3.05, 3.63) is 64.9 Å². The average Bonchev–Trinajstić information content (AvgIpc) is 3.09. The molecule has 4 rings (SSSR count). The van der Waals surface area contributed by atoms with Crippen LogP contribution in [-0.2, 0) is 6.42 Å².